The van der Waals surface area contributed by atoms with Crippen molar-refractivity contribution < 1.29 is 9.30 Å². The Balaban J connectivity index is 0.000000371. The molecule has 0 aliphatic carbocycles. The molecule has 0 aromatic heterocycles. The molecule has 1 aromatic carbocycles. The van der Waals surface area contributed by atoms with Crippen molar-refractivity contribution in [1.29, 1.82) is 0 Å². The molecule has 0 fully saturated rings. The second-order valence-corrected chi connectivity index (χ2v) is 1.52. The highest BCUT2D eigenvalue weighted by atomic mass is 31.0. The lowest BCUT2D eigenvalue weighted by molar-refractivity contribution is 0.415. The van der Waals surface area contributed by atoms with E-state index in [-0.39, 0.29) is 0 Å². The minimum Gasteiger partial charge on any atom is -0.497 e. The molecule has 0 unspecified atom stereocenters. The van der Waals surface area contributed by atoms with Gasteiger partial charge in [-0.15, -0.1) is 0 Å². The summed E-state index contributed by atoms with van der Waals surface area (Å²) in [6.07, 6.45) is 0. The van der Waals surface area contributed by atoms with E-state index in [2.05, 4.69) is 0 Å². The molecule has 0 bridgehead atoms. The average molecular weight is 156 g/mol. The summed E-state index contributed by atoms with van der Waals surface area (Å²) in [5, 5.41) is 0. The van der Waals surface area contributed by atoms with Gasteiger partial charge in [0.05, 0.1) is 7.11 Å². The SMILES string of the molecule is COc1ccccc1.O=P. The molecule has 1 rings (SSSR count). The minimum atomic E-state index is 0.910. The van der Waals surface area contributed by atoms with E-state index in [1.54, 1.807) is 16.2 Å². The third-order valence-corrected chi connectivity index (χ3v) is 0.979. The maximum Gasteiger partial charge on any atom is 0.138 e. The van der Waals surface area contributed by atoms with E-state index in [1.165, 1.54) is 0 Å². The average Bonchev–Trinajstić information content (AvgIpc) is 2.10. The van der Waals surface area contributed by atoms with Crippen molar-refractivity contribution in [2.45, 2.75) is 0 Å². The lowest BCUT2D eigenvalue weighted by Gasteiger charge is -1.93. The molecule has 0 atom stereocenters. The number of ether oxygens (including phenoxy) is 1. The summed E-state index contributed by atoms with van der Waals surface area (Å²) in [6.45, 7) is 0. The Labute approximate surface area is 62.5 Å². The molecule has 0 saturated carbocycles. The van der Waals surface area contributed by atoms with Crippen LogP contribution < -0.4 is 4.74 Å². The summed E-state index contributed by atoms with van der Waals surface area (Å²) >= 11 is 0. The van der Waals surface area contributed by atoms with Gasteiger partial charge in [-0.25, -0.2) is 0 Å². The van der Waals surface area contributed by atoms with Gasteiger partial charge in [0, 0.05) is 0 Å². The van der Waals surface area contributed by atoms with Crippen molar-refractivity contribution in [2.75, 3.05) is 7.11 Å². The van der Waals surface area contributed by atoms with Gasteiger partial charge in [0.1, 0.15) is 14.9 Å². The van der Waals surface area contributed by atoms with Gasteiger partial charge in [0.2, 0.25) is 0 Å². The molecule has 0 spiro atoms. The van der Waals surface area contributed by atoms with Gasteiger partial charge in [0.15, 0.2) is 0 Å². The Morgan fingerprint density at radius 3 is 2.00 bits per heavy atom. The third-order valence-electron chi connectivity index (χ3n) is 0.979. The Morgan fingerprint density at radius 1 is 1.20 bits per heavy atom. The fraction of sp³-hybridized carbons (Fsp3) is 0.143. The van der Waals surface area contributed by atoms with Crippen molar-refractivity contribution in [3.63, 3.8) is 0 Å². The molecule has 0 amide bonds. The second-order valence-electron chi connectivity index (χ2n) is 1.52. The van der Waals surface area contributed by atoms with E-state index in [4.69, 9.17) is 9.30 Å². The van der Waals surface area contributed by atoms with E-state index >= 15 is 0 Å². The number of para-hydroxylation sites is 1. The molecule has 10 heavy (non-hydrogen) atoms. The Kier molecular flexibility index (Phi) is 5.69. The van der Waals surface area contributed by atoms with Gasteiger partial charge in [-0.05, 0) is 12.1 Å². The lowest BCUT2D eigenvalue weighted by Crippen LogP contribution is -1.78. The second kappa shape index (κ2) is 6.24. The Bertz CT molecular complexity index is 165. The summed E-state index contributed by atoms with van der Waals surface area (Å²) in [4.78, 5) is 0. The van der Waals surface area contributed by atoms with Gasteiger partial charge < -0.3 is 4.74 Å². The van der Waals surface area contributed by atoms with Gasteiger partial charge in [-0.1, -0.05) is 18.2 Å². The Hall–Kier alpha value is -0.880. The van der Waals surface area contributed by atoms with Gasteiger partial charge in [-0.3, -0.25) is 4.57 Å². The number of methoxy groups -OCH3 is 1. The minimum absolute atomic E-state index is 0.910. The summed E-state index contributed by atoms with van der Waals surface area (Å²) in [5.74, 6) is 0.910. The maximum atomic E-state index is 8.06. The van der Waals surface area contributed by atoms with E-state index in [0.29, 0.717) is 0 Å². The summed E-state index contributed by atoms with van der Waals surface area (Å²) in [6, 6.07) is 9.68. The van der Waals surface area contributed by atoms with Crippen LogP contribution in [0.1, 0.15) is 0 Å². The third kappa shape index (κ3) is 3.21. The summed E-state index contributed by atoms with van der Waals surface area (Å²) in [7, 11) is 3.38. The van der Waals surface area contributed by atoms with Crippen molar-refractivity contribution in [3.05, 3.63) is 30.3 Å². The van der Waals surface area contributed by atoms with Crippen LogP contribution >= 0.6 is 9.12 Å². The van der Waals surface area contributed by atoms with Crippen LogP contribution in [0.15, 0.2) is 30.3 Å². The van der Waals surface area contributed by atoms with Gasteiger partial charge in [-0.2, -0.15) is 0 Å². The molecule has 3 heteroatoms. The smallest absolute Gasteiger partial charge is 0.138 e. The zero-order chi connectivity index (χ0) is 7.82. The predicted octanol–water partition coefficient (Wildman–Crippen LogP) is 2.17. The molecule has 0 aliphatic heterocycles. The van der Waals surface area contributed by atoms with Crippen LogP contribution in [0.4, 0.5) is 0 Å². The van der Waals surface area contributed by atoms with Crippen LogP contribution in [-0.2, 0) is 4.57 Å². The topological polar surface area (TPSA) is 26.3 Å². The number of benzene rings is 1. The first-order chi connectivity index (χ1) is 4.93. The zero-order valence-electron chi connectivity index (χ0n) is 5.70. The lowest BCUT2D eigenvalue weighted by atomic mass is 10.3. The highest BCUT2D eigenvalue weighted by Crippen LogP contribution is 2.05. The van der Waals surface area contributed by atoms with Crippen molar-refractivity contribution in [2.24, 2.45) is 0 Å². The van der Waals surface area contributed by atoms with Crippen LogP contribution in [0, 0.1) is 0 Å². The van der Waals surface area contributed by atoms with Crippen molar-refractivity contribution in [1.82, 2.24) is 0 Å². The van der Waals surface area contributed by atoms with E-state index in [1.807, 2.05) is 30.3 Å². The van der Waals surface area contributed by atoms with Crippen LogP contribution in [0.3, 0.4) is 0 Å². The van der Waals surface area contributed by atoms with E-state index < -0.39 is 0 Å². The molecular formula is C7H9O2P. The first-order valence-corrected chi connectivity index (χ1v) is 3.14. The fourth-order valence-electron chi connectivity index (χ4n) is 0.557. The molecule has 0 N–H and O–H groups in total. The van der Waals surface area contributed by atoms with Crippen LogP contribution in [0.2, 0.25) is 0 Å². The quantitative estimate of drug-likeness (QED) is 0.582. The zero-order valence-corrected chi connectivity index (χ0v) is 6.70. The summed E-state index contributed by atoms with van der Waals surface area (Å²) in [5.41, 5.74) is 0. The number of hydrogen-bond acceptors (Lipinski definition) is 2. The maximum absolute atomic E-state index is 8.06. The first-order valence-electron chi connectivity index (χ1n) is 2.73. The van der Waals surface area contributed by atoms with Crippen molar-refractivity contribution >= 4 is 9.12 Å². The number of rotatable bonds is 1. The summed E-state index contributed by atoms with van der Waals surface area (Å²) < 4.78 is 13.0. The van der Waals surface area contributed by atoms with E-state index in [0.717, 1.165) is 5.75 Å². The first kappa shape index (κ1) is 9.12. The standard InChI is InChI=1S/C7H8O.HOP/c1-8-7-5-3-2-4-6-7;1-2/h2-6H,1H3;2H. The molecule has 0 saturated heterocycles. The molecule has 0 radical (unpaired) electrons. The van der Waals surface area contributed by atoms with E-state index in [9.17, 15) is 0 Å². The molecule has 1 aromatic rings. The van der Waals surface area contributed by atoms with Crippen molar-refractivity contribution in [3.8, 4) is 5.75 Å². The van der Waals surface area contributed by atoms with Crippen LogP contribution in [-0.4, -0.2) is 7.11 Å². The van der Waals surface area contributed by atoms with Crippen LogP contribution in [0.5, 0.6) is 5.75 Å². The fourth-order valence-corrected chi connectivity index (χ4v) is 0.557. The van der Waals surface area contributed by atoms with Crippen LogP contribution in [0.25, 0.3) is 0 Å². The molecule has 0 heterocycles. The van der Waals surface area contributed by atoms with Gasteiger partial charge in [0.25, 0.3) is 0 Å². The normalized spacial score (nSPS) is 7.30. The Morgan fingerprint density at radius 2 is 1.70 bits per heavy atom. The molecule has 2 nitrogen and oxygen atoms in total. The highest BCUT2D eigenvalue weighted by molar-refractivity contribution is 7.00. The largest absolute Gasteiger partial charge is 0.497 e. The number of hydrogen-bond donors (Lipinski definition) is 0. The highest BCUT2D eigenvalue weighted by Gasteiger charge is 1.80. The predicted molar refractivity (Wildman–Crippen MR) is 42.0 cm³/mol. The molecule has 54 valence electrons. The van der Waals surface area contributed by atoms with Gasteiger partial charge >= 0.3 is 0 Å². The molecular weight excluding hydrogens is 147 g/mol. The molecule has 0 aliphatic rings. The monoisotopic (exact) mass is 156 g/mol.